The maximum Gasteiger partial charge on any atom is 0.251 e. The highest BCUT2D eigenvalue weighted by molar-refractivity contribution is 5.98. The predicted molar refractivity (Wildman–Crippen MR) is 101 cm³/mol. The Balaban J connectivity index is 0.00000261. The lowest BCUT2D eigenvalue weighted by Gasteiger charge is -2.23. The molecule has 1 unspecified atom stereocenters. The number of piperidine rings is 1. The van der Waals surface area contributed by atoms with Crippen molar-refractivity contribution < 1.29 is 18.8 Å². The first-order chi connectivity index (χ1) is 12.4. The first-order valence-corrected chi connectivity index (χ1v) is 8.79. The zero-order valence-electron chi connectivity index (χ0n) is 14.8. The van der Waals surface area contributed by atoms with Gasteiger partial charge in [-0.15, -0.1) is 12.4 Å². The van der Waals surface area contributed by atoms with Gasteiger partial charge in [-0.05, 0) is 56.0 Å². The van der Waals surface area contributed by atoms with E-state index >= 15 is 0 Å². The van der Waals surface area contributed by atoms with Crippen LogP contribution in [0.25, 0.3) is 0 Å². The van der Waals surface area contributed by atoms with Gasteiger partial charge in [0, 0.05) is 24.4 Å². The fourth-order valence-electron chi connectivity index (χ4n) is 3.58. The van der Waals surface area contributed by atoms with Crippen LogP contribution < -0.4 is 21.7 Å². The third kappa shape index (κ3) is 4.95. The Hall–Kier alpha value is -2.19. The molecule has 1 atom stereocenters. The molecule has 27 heavy (non-hydrogen) atoms. The van der Waals surface area contributed by atoms with Crippen molar-refractivity contribution in [3.05, 3.63) is 29.6 Å². The molecule has 2 aliphatic rings. The van der Waals surface area contributed by atoms with E-state index in [-0.39, 0.29) is 53.9 Å². The van der Waals surface area contributed by atoms with Crippen molar-refractivity contribution in [2.24, 2.45) is 17.1 Å². The second-order valence-corrected chi connectivity index (χ2v) is 7.03. The summed E-state index contributed by atoms with van der Waals surface area (Å²) in [6.45, 7) is 1.91. The van der Waals surface area contributed by atoms with Gasteiger partial charge in [-0.1, -0.05) is 0 Å². The average Bonchev–Trinajstić information content (AvgIpc) is 3.30. The van der Waals surface area contributed by atoms with Gasteiger partial charge in [0.15, 0.2) is 0 Å². The van der Waals surface area contributed by atoms with Gasteiger partial charge in [-0.2, -0.15) is 0 Å². The summed E-state index contributed by atoms with van der Waals surface area (Å²) < 4.78 is 14.1. The van der Waals surface area contributed by atoms with Gasteiger partial charge in [0.05, 0.1) is 5.69 Å². The molecule has 1 spiro atoms. The van der Waals surface area contributed by atoms with Crippen LogP contribution in [0.1, 0.15) is 36.0 Å². The number of nitrogens with one attached hydrogen (secondary N) is 3. The molecular weight excluding hydrogens is 375 g/mol. The van der Waals surface area contributed by atoms with Crippen LogP contribution in [0.15, 0.2) is 18.2 Å². The Labute approximate surface area is 163 Å². The third-order valence-corrected chi connectivity index (χ3v) is 5.25. The summed E-state index contributed by atoms with van der Waals surface area (Å²) in [6, 6.07) is 3.78. The Morgan fingerprint density at radius 1 is 1.26 bits per heavy atom. The second-order valence-electron chi connectivity index (χ2n) is 7.03. The van der Waals surface area contributed by atoms with E-state index in [0.29, 0.717) is 0 Å². The van der Waals surface area contributed by atoms with Crippen LogP contribution in [0, 0.1) is 17.2 Å². The number of amides is 3. The summed E-state index contributed by atoms with van der Waals surface area (Å²) >= 11 is 0. The van der Waals surface area contributed by atoms with Gasteiger partial charge in [0.25, 0.3) is 5.91 Å². The SMILES string of the molecule is Cl.NC(=O)CCNC(=O)c1ccc(F)c(NC(=O)C2CC23CCNCC3)c1. The van der Waals surface area contributed by atoms with Gasteiger partial charge >= 0.3 is 0 Å². The minimum atomic E-state index is -0.591. The number of rotatable bonds is 6. The van der Waals surface area contributed by atoms with Crippen LogP contribution in [0.3, 0.4) is 0 Å². The number of anilines is 1. The molecule has 0 radical (unpaired) electrons. The van der Waals surface area contributed by atoms with Crippen molar-refractivity contribution in [1.82, 2.24) is 10.6 Å². The second kappa shape index (κ2) is 8.67. The first-order valence-electron chi connectivity index (χ1n) is 8.79. The normalized spacial score (nSPS) is 19.7. The van der Waals surface area contributed by atoms with Crippen LogP contribution in [0.4, 0.5) is 10.1 Å². The van der Waals surface area contributed by atoms with Crippen LogP contribution in [0.5, 0.6) is 0 Å². The molecule has 1 heterocycles. The van der Waals surface area contributed by atoms with Crippen molar-refractivity contribution in [1.29, 1.82) is 0 Å². The predicted octanol–water partition coefficient (Wildman–Crippen LogP) is 1.18. The number of primary amides is 1. The summed E-state index contributed by atoms with van der Waals surface area (Å²) in [5, 5.41) is 8.43. The highest BCUT2D eigenvalue weighted by Crippen LogP contribution is 2.58. The number of benzene rings is 1. The molecule has 3 rings (SSSR count). The molecule has 1 aromatic rings. The zero-order valence-corrected chi connectivity index (χ0v) is 15.7. The molecule has 9 heteroatoms. The number of hydrogen-bond acceptors (Lipinski definition) is 4. The zero-order chi connectivity index (χ0) is 18.7. The number of hydrogen-bond donors (Lipinski definition) is 4. The van der Waals surface area contributed by atoms with Crippen LogP contribution >= 0.6 is 12.4 Å². The molecule has 1 aliphatic carbocycles. The molecule has 7 nitrogen and oxygen atoms in total. The van der Waals surface area contributed by atoms with Gasteiger partial charge in [-0.25, -0.2) is 4.39 Å². The summed E-state index contributed by atoms with van der Waals surface area (Å²) in [7, 11) is 0. The molecule has 2 fully saturated rings. The van der Waals surface area contributed by atoms with Crippen LogP contribution in [-0.2, 0) is 9.59 Å². The summed E-state index contributed by atoms with van der Waals surface area (Å²) in [4.78, 5) is 35.2. The van der Waals surface area contributed by atoms with Gasteiger partial charge in [-0.3, -0.25) is 14.4 Å². The van der Waals surface area contributed by atoms with Crippen LogP contribution in [0.2, 0.25) is 0 Å². The molecule has 3 amide bonds. The highest BCUT2D eigenvalue weighted by atomic mass is 35.5. The largest absolute Gasteiger partial charge is 0.370 e. The fourth-order valence-corrected chi connectivity index (χ4v) is 3.58. The molecule has 1 saturated carbocycles. The van der Waals surface area contributed by atoms with Gasteiger partial charge in [0.2, 0.25) is 11.8 Å². The first kappa shape index (κ1) is 21.1. The van der Waals surface area contributed by atoms with Crippen molar-refractivity contribution >= 4 is 35.8 Å². The highest BCUT2D eigenvalue weighted by Gasteiger charge is 2.57. The van der Waals surface area contributed by atoms with Crippen molar-refractivity contribution in [2.45, 2.75) is 25.7 Å². The smallest absolute Gasteiger partial charge is 0.251 e. The van der Waals surface area contributed by atoms with Gasteiger partial charge in [0.1, 0.15) is 5.82 Å². The fraction of sp³-hybridized carbons (Fsp3) is 0.500. The van der Waals surface area contributed by atoms with E-state index in [1.54, 1.807) is 0 Å². The Kier molecular flexibility index (Phi) is 6.78. The topological polar surface area (TPSA) is 113 Å². The minimum Gasteiger partial charge on any atom is -0.370 e. The van der Waals surface area contributed by atoms with Crippen molar-refractivity contribution in [2.75, 3.05) is 25.0 Å². The maximum atomic E-state index is 14.1. The number of carbonyl (C=O) groups is 3. The van der Waals surface area contributed by atoms with Crippen LogP contribution in [-0.4, -0.2) is 37.4 Å². The average molecular weight is 399 g/mol. The molecule has 1 aromatic carbocycles. The van der Waals surface area contributed by atoms with Crippen molar-refractivity contribution in [3.8, 4) is 0 Å². The summed E-state index contributed by atoms with van der Waals surface area (Å²) in [6.07, 6.45) is 2.76. The lowest BCUT2D eigenvalue weighted by atomic mass is 9.92. The van der Waals surface area contributed by atoms with E-state index in [9.17, 15) is 18.8 Å². The van der Waals surface area contributed by atoms with E-state index < -0.39 is 17.6 Å². The Morgan fingerprint density at radius 2 is 1.96 bits per heavy atom. The van der Waals surface area contributed by atoms with E-state index in [1.165, 1.54) is 12.1 Å². The quantitative estimate of drug-likeness (QED) is 0.576. The lowest BCUT2D eigenvalue weighted by Crippen LogP contribution is -2.31. The minimum absolute atomic E-state index is 0. The number of nitrogens with two attached hydrogens (primary N) is 1. The maximum absolute atomic E-state index is 14.1. The molecule has 148 valence electrons. The molecule has 0 aromatic heterocycles. The molecule has 0 bridgehead atoms. The summed E-state index contributed by atoms with van der Waals surface area (Å²) in [5.74, 6) is -1.86. The van der Waals surface area contributed by atoms with E-state index in [4.69, 9.17) is 5.73 Å². The Morgan fingerprint density at radius 3 is 2.63 bits per heavy atom. The lowest BCUT2D eigenvalue weighted by molar-refractivity contribution is -0.119. The monoisotopic (exact) mass is 398 g/mol. The third-order valence-electron chi connectivity index (χ3n) is 5.25. The molecule has 1 saturated heterocycles. The van der Waals surface area contributed by atoms with E-state index in [1.807, 2.05) is 0 Å². The Bertz CT molecular complexity index is 737. The molecular formula is C18H24ClFN4O3. The number of carbonyl (C=O) groups excluding carboxylic acids is 3. The molecule has 5 N–H and O–H groups in total. The van der Waals surface area contributed by atoms with Crippen molar-refractivity contribution in [3.63, 3.8) is 0 Å². The number of halogens is 2. The summed E-state index contributed by atoms with van der Waals surface area (Å²) in [5.41, 5.74) is 5.27. The van der Waals surface area contributed by atoms with Gasteiger partial charge < -0.3 is 21.7 Å². The standard InChI is InChI=1S/C18H23FN4O3.ClH/c19-13-2-1-11(16(25)22-6-3-15(20)24)9-14(13)23-17(26)12-10-18(12)4-7-21-8-5-18;/h1-2,9,12,21H,3-8,10H2,(H2,20,24)(H,22,25)(H,23,26);1H. The molecule has 1 aliphatic heterocycles. The van der Waals surface area contributed by atoms with E-state index in [0.717, 1.165) is 38.4 Å². The van der Waals surface area contributed by atoms with E-state index in [2.05, 4.69) is 16.0 Å².